The molecule has 14 heavy (non-hydrogen) atoms. The number of nitrogens with zero attached hydrogens (tertiary/aromatic N) is 2. The summed E-state index contributed by atoms with van der Waals surface area (Å²) in [5, 5.41) is 8.50. The second kappa shape index (κ2) is 4.70. The van der Waals surface area contributed by atoms with Gasteiger partial charge in [-0.15, -0.1) is 0 Å². The number of ketones is 1. The van der Waals surface area contributed by atoms with Gasteiger partial charge >= 0.3 is 0 Å². The van der Waals surface area contributed by atoms with Gasteiger partial charge in [0, 0.05) is 5.56 Å². The van der Waals surface area contributed by atoms with Gasteiger partial charge in [-0.2, -0.15) is 10.3 Å². The molecule has 1 aromatic rings. The molecule has 68 valence electrons. The number of Topliss-reactive ketones (excluding diaryl/α,β-unsaturated/α-hetero) is 1. The van der Waals surface area contributed by atoms with Crippen LogP contribution in [0, 0.1) is 11.3 Å². The van der Waals surface area contributed by atoms with Gasteiger partial charge in [0.15, 0.2) is 5.78 Å². The molecule has 0 saturated carbocycles. The molecule has 0 spiro atoms. The summed E-state index contributed by atoms with van der Waals surface area (Å²) in [5.74, 6) is -0.266. The predicted molar refractivity (Wildman–Crippen MR) is 48.5 cm³/mol. The third-order valence-electron chi connectivity index (χ3n) is 1.62. The maximum Gasteiger partial charge on any atom is 0.235 e. The Balaban J connectivity index is 2.82. The van der Waals surface area contributed by atoms with E-state index in [9.17, 15) is 9.59 Å². The summed E-state index contributed by atoms with van der Waals surface area (Å²) >= 11 is 0. The van der Waals surface area contributed by atoms with Crippen molar-refractivity contribution in [1.82, 2.24) is 0 Å². The van der Waals surface area contributed by atoms with Crippen LogP contribution in [0.1, 0.15) is 15.9 Å². The quantitative estimate of drug-likeness (QED) is 0.403. The lowest BCUT2D eigenvalue weighted by Crippen LogP contribution is -2.02. The Morgan fingerprint density at radius 2 is 2.00 bits per heavy atom. The van der Waals surface area contributed by atoms with Gasteiger partial charge in [-0.1, -0.05) is 12.1 Å². The lowest BCUT2D eigenvalue weighted by atomic mass is 10.1. The normalized spacial score (nSPS) is 8.50. The molecule has 0 atom stereocenters. The lowest BCUT2D eigenvalue weighted by Gasteiger charge is -1.95. The molecule has 0 amide bonds. The maximum absolute atomic E-state index is 11.2. The number of carbonyl (C=O) groups is 1. The standard InChI is InChI=1S/C10H6N2O2/c11-5-8-1-3-9(4-2-8)10(14)6-12-7-13/h1-4H,6H2. The fourth-order valence-corrected chi connectivity index (χ4v) is 0.926. The highest BCUT2D eigenvalue weighted by atomic mass is 16.1. The van der Waals surface area contributed by atoms with Crippen molar-refractivity contribution >= 4 is 11.9 Å². The molecule has 4 heteroatoms. The van der Waals surface area contributed by atoms with Crippen molar-refractivity contribution in [3.05, 3.63) is 35.4 Å². The van der Waals surface area contributed by atoms with E-state index in [4.69, 9.17) is 5.26 Å². The van der Waals surface area contributed by atoms with Gasteiger partial charge in [-0.05, 0) is 12.1 Å². The topological polar surface area (TPSA) is 70.3 Å². The molecule has 0 aliphatic rings. The molecule has 0 fully saturated rings. The highest BCUT2D eigenvalue weighted by Gasteiger charge is 2.03. The minimum Gasteiger partial charge on any atom is -0.292 e. The second-order valence-electron chi connectivity index (χ2n) is 2.52. The molecule has 0 N–H and O–H groups in total. The molecule has 0 heterocycles. The van der Waals surface area contributed by atoms with Crippen LogP contribution in [-0.4, -0.2) is 18.4 Å². The van der Waals surface area contributed by atoms with E-state index in [0.717, 1.165) is 0 Å². The largest absolute Gasteiger partial charge is 0.292 e. The van der Waals surface area contributed by atoms with Crippen LogP contribution >= 0.6 is 0 Å². The number of nitriles is 1. The van der Waals surface area contributed by atoms with Crippen LogP contribution < -0.4 is 0 Å². The first-order chi connectivity index (χ1) is 6.77. The number of hydrogen-bond donors (Lipinski definition) is 0. The fraction of sp³-hybridized carbons (Fsp3) is 0.100. The van der Waals surface area contributed by atoms with Crippen LogP contribution in [0.5, 0.6) is 0 Å². The molecule has 0 unspecified atom stereocenters. The highest BCUT2D eigenvalue weighted by molar-refractivity contribution is 5.98. The van der Waals surface area contributed by atoms with Gasteiger partial charge in [-0.3, -0.25) is 4.79 Å². The summed E-state index contributed by atoms with van der Waals surface area (Å²) in [7, 11) is 0. The van der Waals surface area contributed by atoms with Crippen molar-refractivity contribution in [2.75, 3.05) is 6.54 Å². The van der Waals surface area contributed by atoms with E-state index in [1.807, 2.05) is 6.07 Å². The molecule has 0 radical (unpaired) electrons. The minimum absolute atomic E-state index is 0.199. The van der Waals surface area contributed by atoms with E-state index < -0.39 is 0 Å². The summed E-state index contributed by atoms with van der Waals surface area (Å²) in [4.78, 5) is 24.2. The van der Waals surface area contributed by atoms with Crippen LogP contribution in [0.3, 0.4) is 0 Å². The van der Waals surface area contributed by atoms with E-state index >= 15 is 0 Å². The minimum atomic E-state index is -0.266. The average Bonchev–Trinajstić information content (AvgIpc) is 2.26. The number of rotatable bonds is 3. The van der Waals surface area contributed by atoms with E-state index in [0.29, 0.717) is 11.1 Å². The molecule has 1 aromatic carbocycles. The zero-order valence-corrected chi connectivity index (χ0v) is 7.23. The van der Waals surface area contributed by atoms with Gasteiger partial charge in [0.1, 0.15) is 6.54 Å². The summed E-state index contributed by atoms with van der Waals surface area (Å²) in [6.07, 6.45) is 1.29. The molecule has 0 bridgehead atoms. The first kappa shape index (κ1) is 9.85. The van der Waals surface area contributed by atoms with E-state index in [1.54, 1.807) is 0 Å². The number of carbonyl (C=O) groups excluding carboxylic acids is 2. The van der Waals surface area contributed by atoms with Crippen molar-refractivity contribution in [3.63, 3.8) is 0 Å². The number of isocyanates is 1. The Hall–Kier alpha value is -2.24. The monoisotopic (exact) mass is 186 g/mol. The Labute approximate surface area is 80.5 Å². The van der Waals surface area contributed by atoms with Gasteiger partial charge in [-0.25, -0.2) is 4.79 Å². The molecule has 0 aliphatic heterocycles. The molecule has 4 nitrogen and oxygen atoms in total. The molecule has 0 saturated heterocycles. The Morgan fingerprint density at radius 3 is 2.50 bits per heavy atom. The zero-order valence-electron chi connectivity index (χ0n) is 7.23. The second-order valence-corrected chi connectivity index (χ2v) is 2.52. The van der Waals surface area contributed by atoms with Crippen molar-refractivity contribution < 1.29 is 9.59 Å². The third-order valence-corrected chi connectivity index (χ3v) is 1.62. The zero-order chi connectivity index (χ0) is 10.4. The van der Waals surface area contributed by atoms with Crippen LogP contribution in [-0.2, 0) is 4.79 Å². The predicted octanol–water partition coefficient (Wildman–Crippen LogP) is 1.08. The van der Waals surface area contributed by atoms with Gasteiger partial charge in [0.25, 0.3) is 0 Å². The smallest absolute Gasteiger partial charge is 0.235 e. The Morgan fingerprint density at radius 1 is 1.36 bits per heavy atom. The summed E-state index contributed by atoms with van der Waals surface area (Å²) < 4.78 is 0. The highest BCUT2D eigenvalue weighted by Crippen LogP contribution is 2.04. The fourth-order valence-electron chi connectivity index (χ4n) is 0.926. The summed E-state index contributed by atoms with van der Waals surface area (Å²) in [5.41, 5.74) is 0.920. The van der Waals surface area contributed by atoms with Crippen LogP contribution in [0.25, 0.3) is 0 Å². The number of hydrogen-bond acceptors (Lipinski definition) is 4. The van der Waals surface area contributed by atoms with E-state index in [2.05, 4.69) is 4.99 Å². The van der Waals surface area contributed by atoms with Crippen molar-refractivity contribution in [2.24, 2.45) is 4.99 Å². The Kier molecular flexibility index (Phi) is 3.31. The maximum atomic E-state index is 11.2. The van der Waals surface area contributed by atoms with Gasteiger partial charge in [0.05, 0.1) is 11.6 Å². The Bertz CT molecular complexity index is 422. The molecular formula is C10H6N2O2. The molecule has 1 rings (SSSR count). The van der Waals surface area contributed by atoms with Crippen molar-refractivity contribution in [3.8, 4) is 6.07 Å². The van der Waals surface area contributed by atoms with Gasteiger partial charge < -0.3 is 0 Å². The lowest BCUT2D eigenvalue weighted by molar-refractivity contribution is 0.100. The number of aliphatic imine (C=N–C) groups is 1. The average molecular weight is 186 g/mol. The first-order valence-corrected chi connectivity index (χ1v) is 3.85. The summed E-state index contributed by atoms with van der Waals surface area (Å²) in [6.45, 7) is -0.199. The van der Waals surface area contributed by atoms with Crippen molar-refractivity contribution in [1.29, 1.82) is 5.26 Å². The first-order valence-electron chi connectivity index (χ1n) is 3.85. The number of benzene rings is 1. The van der Waals surface area contributed by atoms with Gasteiger partial charge in [0.2, 0.25) is 6.08 Å². The molecular weight excluding hydrogens is 180 g/mol. The van der Waals surface area contributed by atoms with Crippen molar-refractivity contribution in [2.45, 2.75) is 0 Å². The van der Waals surface area contributed by atoms with Crippen LogP contribution in [0.2, 0.25) is 0 Å². The van der Waals surface area contributed by atoms with Crippen LogP contribution in [0.15, 0.2) is 29.3 Å². The van der Waals surface area contributed by atoms with E-state index in [1.165, 1.54) is 30.3 Å². The summed E-state index contributed by atoms with van der Waals surface area (Å²) in [6, 6.07) is 8.08. The molecule has 0 aliphatic carbocycles. The van der Waals surface area contributed by atoms with Crippen LogP contribution in [0.4, 0.5) is 0 Å². The third kappa shape index (κ3) is 2.37. The molecule has 0 aromatic heterocycles. The SMILES string of the molecule is N#Cc1ccc(C(=O)CN=C=O)cc1. The van der Waals surface area contributed by atoms with E-state index in [-0.39, 0.29) is 12.3 Å².